The van der Waals surface area contributed by atoms with Crippen LogP contribution in [-0.4, -0.2) is 24.7 Å². The molecule has 1 aromatic heterocycles. The molecular formula is C15H15ClFNO2S. The number of carbonyl (C=O) groups excluding carboxylic acids is 1. The summed E-state index contributed by atoms with van der Waals surface area (Å²) in [5.41, 5.74) is 0. The fourth-order valence-corrected chi connectivity index (χ4v) is 4.04. The molecule has 0 spiro atoms. The molecule has 112 valence electrons. The zero-order valence-corrected chi connectivity index (χ0v) is 13.1. The first-order valence-electron chi connectivity index (χ1n) is 6.87. The third kappa shape index (κ3) is 2.78. The SMILES string of the molecule is C[C@@H](NC(=O)c1sc2cccc(F)c2c1Cl)[C@@H]1CCCO1. The van der Waals surface area contributed by atoms with E-state index in [-0.39, 0.29) is 23.1 Å². The second-order valence-corrected chi connectivity index (χ2v) is 6.60. The lowest BCUT2D eigenvalue weighted by molar-refractivity contribution is 0.0715. The fraction of sp³-hybridized carbons (Fsp3) is 0.400. The zero-order valence-electron chi connectivity index (χ0n) is 11.5. The van der Waals surface area contributed by atoms with Crippen LogP contribution >= 0.6 is 22.9 Å². The number of nitrogens with one attached hydrogen (secondary N) is 1. The Morgan fingerprint density at radius 3 is 3.05 bits per heavy atom. The van der Waals surface area contributed by atoms with Gasteiger partial charge < -0.3 is 10.1 Å². The number of fused-ring (bicyclic) bond motifs is 1. The monoisotopic (exact) mass is 327 g/mol. The minimum atomic E-state index is -0.403. The van der Waals surface area contributed by atoms with Crippen LogP contribution in [0.2, 0.25) is 5.02 Å². The van der Waals surface area contributed by atoms with E-state index in [0.717, 1.165) is 19.4 Å². The number of halogens is 2. The summed E-state index contributed by atoms with van der Waals surface area (Å²) in [5, 5.41) is 3.40. The van der Waals surface area contributed by atoms with Crippen LogP contribution in [0, 0.1) is 5.82 Å². The highest BCUT2D eigenvalue weighted by Gasteiger charge is 2.26. The number of benzene rings is 1. The van der Waals surface area contributed by atoms with Crippen molar-refractivity contribution in [2.75, 3.05) is 6.61 Å². The average molecular weight is 328 g/mol. The van der Waals surface area contributed by atoms with Crippen molar-refractivity contribution in [2.45, 2.75) is 31.9 Å². The summed E-state index contributed by atoms with van der Waals surface area (Å²) < 4.78 is 20.0. The molecular weight excluding hydrogens is 313 g/mol. The smallest absolute Gasteiger partial charge is 0.263 e. The van der Waals surface area contributed by atoms with Gasteiger partial charge in [-0.15, -0.1) is 11.3 Å². The van der Waals surface area contributed by atoms with Crippen molar-refractivity contribution >= 4 is 38.9 Å². The van der Waals surface area contributed by atoms with E-state index in [0.29, 0.717) is 15.0 Å². The van der Waals surface area contributed by atoms with Gasteiger partial charge in [-0.05, 0) is 31.9 Å². The van der Waals surface area contributed by atoms with Gasteiger partial charge in [0.25, 0.3) is 5.91 Å². The van der Waals surface area contributed by atoms with Gasteiger partial charge in [-0.3, -0.25) is 4.79 Å². The van der Waals surface area contributed by atoms with Gasteiger partial charge in [-0.1, -0.05) is 17.7 Å². The number of hydrogen-bond acceptors (Lipinski definition) is 3. The first kappa shape index (κ1) is 14.8. The lowest BCUT2D eigenvalue weighted by Gasteiger charge is -2.19. The predicted octanol–water partition coefficient (Wildman–Crippen LogP) is 3.99. The maximum absolute atomic E-state index is 13.8. The topological polar surface area (TPSA) is 38.3 Å². The Labute approximate surface area is 131 Å². The third-order valence-electron chi connectivity index (χ3n) is 3.69. The standard InChI is InChI=1S/C15H15ClFNO2S/c1-8(10-5-3-7-20-10)18-15(19)14-13(16)12-9(17)4-2-6-11(12)21-14/h2,4,6,8,10H,3,5,7H2,1H3,(H,18,19)/t8-,10+/m1/s1. The fourth-order valence-electron chi connectivity index (χ4n) is 2.58. The van der Waals surface area contributed by atoms with Crippen molar-refractivity contribution in [1.82, 2.24) is 5.32 Å². The highest BCUT2D eigenvalue weighted by Crippen LogP contribution is 2.36. The van der Waals surface area contributed by atoms with Gasteiger partial charge in [0.15, 0.2) is 0 Å². The summed E-state index contributed by atoms with van der Waals surface area (Å²) in [4.78, 5) is 12.7. The van der Waals surface area contributed by atoms with Crippen molar-refractivity contribution in [3.8, 4) is 0 Å². The Kier molecular flexibility index (Phi) is 4.15. The minimum Gasteiger partial charge on any atom is -0.376 e. The Bertz CT molecular complexity index is 682. The van der Waals surface area contributed by atoms with Crippen molar-refractivity contribution in [2.24, 2.45) is 0 Å². The Morgan fingerprint density at radius 2 is 2.38 bits per heavy atom. The van der Waals surface area contributed by atoms with Crippen molar-refractivity contribution in [1.29, 1.82) is 0 Å². The summed E-state index contributed by atoms with van der Waals surface area (Å²) in [5.74, 6) is -0.677. The number of hydrogen-bond donors (Lipinski definition) is 1. The van der Waals surface area contributed by atoms with Gasteiger partial charge in [-0.2, -0.15) is 0 Å². The third-order valence-corrected chi connectivity index (χ3v) is 5.34. The molecule has 0 saturated carbocycles. The molecule has 1 aromatic carbocycles. The summed E-state index contributed by atoms with van der Waals surface area (Å²) >= 11 is 7.38. The van der Waals surface area contributed by atoms with Gasteiger partial charge in [0.2, 0.25) is 0 Å². The van der Waals surface area contributed by atoms with Gasteiger partial charge in [0, 0.05) is 16.7 Å². The van der Waals surface area contributed by atoms with E-state index in [1.54, 1.807) is 12.1 Å². The number of rotatable bonds is 3. The minimum absolute atomic E-state index is 0.0406. The zero-order chi connectivity index (χ0) is 15.0. The molecule has 2 aromatic rings. The number of ether oxygens (including phenoxy) is 1. The molecule has 1 N–H and O–H groups in total. The second-order valence-electron chi connectivity index (χ2n) is 5.17. The molecule has 3 rings (SSSR count). The molecule has 0 bridgehead atoms. The van der Waals surface area contributed by atoms with E-state index < -0.39 is 5.82 Å². The molecule has 1 aliphatic heterocycles. The van der Waals surface area contributed by atoms with Crippen LogP contribution in [0.15, 0.2) is 18.2 Å². The molecule has 1 aliphatic rings. The molecule has 2 heterocycles. The first-order valence-corrected chi connectivity index (χ1v) is 8.06. The van der Waals surface area contributed by atoms with Gasteiger partial charge in [0.05, 0.1) is 17.2 Å². The molecule has 2 atom stereocenters. The summed E-state index contributed by atoms with van der Waals surface area (Å²) in [7, 11) is 0. The maximum Gasteiger partial charge on any atom is 0.263 e. The molecule has 1 saturated heterocycles. The molecule has 3 nitrogen and oxygen atoms in total. The quantitative estimate of drug-likeness (QED) is 0.925. The Hall–Kier alpha value is -1.17. The van der Waals surface area contributed by atoms with Crippen LogP contribution in [0.25, 0.3) is 10.1 Å². The normalized spacial score (nSPS) is 19.9. The molecule has 1 fully saturated rings. The Balaban J connectivity index is 1.84. The molecule has 0 aliphatic carbocycles. The van der Waals surface area contributed by atoms with E-state index in [2.05, 4.69) is 5.32 Å². The van der Waals surface area contributed by atoms with Crippen LogP contribution < -0.4 is 5.32 Å². The van der Waals surface area contributed by atoms with E-state index in [1.165, 1.54) is 17.4 Å². The predicted molar refractivity (Wildman–Crippen MR) is 82.7 cm³/mol. The van der Waals surface area contributed by atoms with Crippen molar-refractivity contribution in [3.05, 3.63) is 33.9 Å². The van der Waals surface area contributed by atoms with E-state index in [1.807, 2.05) is 6.92 Å². The lowest BCUT2D eigenvalue weighted by atomic mass is 10.1. The maximum atomic E-state index is 13.8. The van der Waals surface area contributed by atoms with Crippen LogP contribution in [0.3, 0.4) is 0 Å². The highest BCUT2D eigenvalue weighted by molar-refractivity contribution is 7.21. The van der Waals surface area contributed by atoms with Crippen LogP contribution in [-0.2, 0) is 4.74 Å². The summed E-state index contributed by atoms with van der Waals surface area (Å²) in [6.07, 6.45) is 1.99. The average Bonchev–Trinajstić information content (AvgIpc) is 3.07. The van der Waals surface area contributed by atoms with E-state index in [9.17, 15) is 9.18 Å². The molecule has 21 heavy (non-hydrogen) atoms. The lowest BCUT2D eigenvalue weighted by Crippen LogP contribution is -2.40. The Morgan fingerprint density at radius 1 is 1.57 bits per heavy atom. The highest BCUT2D eigenvalue weighted by atomic mass is 35.5. The first-order chi connectivity index (χ1) is 10.1. The number of carbonyl (C=O) groups is 1. The molecule has 0 radical (unpaired) electrons. The number of thiophene rings is 1. The van der Waals surface area contributed by atoms with Gasteiger partial charge >= 0.3 is 0 Å². The van der Waals surface area contributed by atoms with Crippen molar-refractivity contribution in [3.63, 3.8) is 0 Å². The summed E-state index contributed by atoms with van der Waals surface area (Å²) in [6, 6.07) is 4.62. The van der Waals surface area contributed by atoms with Crippen LogP contribution in [0.5, 0.6) is 0 Å². The van der Waals surface area contributed by atoms with E-state index >= 15 is 0 Å². The molecule has 0 unspecified atom stereocenters. The number of amides is 1. The van der Waals surface area contributed by atoms with Crippen LogP contribution in [0.4, 0.5) is 4.39 Å². The molecule has 1 amide bonds. The summed E-state index contributed by atoms with van der Waals surface area (Å²) in [6.45, 7) is 2.65. The second kappa shape index (κ2) is 5.91. The van der Waals surface area contributed by atoms with Crippen LogP contribution in [0.1, 0.15) is 29.4 Å². The largest absolute Gasteiger partial charge is 0.376 e. The molecule has 6 heteroatoms. The van der Waals surface area contributed by atoms with Gasteiger partial charge in [0.1, 0.15) is 10.7 Å². The van der Waals surface area contributed by atoms with Gasteiger partial charge in [-0.25, -0.2) is 4.39 Å². The van der Waals surface area contributed by atoms with Crippen molar-refractivity contribution < 1.29 is 13.9 Å². The van der Waals surface area contributed by atoms with E-state index in [4.69, 9.17) is 16.3 Å².